The summed E-state index contributed by atoms with van der Waals surface area (Å²) in [7, 11) is 4.79. The SMILES string of the molecule is COc1cc(C(c2ccc(-c3ccccc3)cc2)N2CCCC(C(=O)O)C2)cc(OC)c1OC. The maximum atomic E-state index is 11.8. The number of carboxylic acid groups (broad SMARTS) is 1. The quantitative estimate of drug-likeness (QED) is 0.493. The molecule has 1 heterocycles. The normalized spacial score (nSPS) is 17.1. The van der Waals surface area contributed by atoms with Crippen molar-refractivity contribution in [2.24, 2.45) is 5.92 Å². The summed E-state index contributed by atoms with van der Waals surface area (Å²) >= 11 is 0. The highest BCUT2D eigenvalue weighted by Crippen LogP contribution is 2.43. The average molecular weight is 462 g/mol. The molecule has 0 radical (unpaired) electrons. The Balaban J connectivity index is 1.79. The Labute approximate surface area is 200 Å². The zero-order chi connectivity index (χ0) is 24.1. The molecule has 2 unspecified atom stereocenters. The van der Waals surface area contributed by atoms with E-state index in [1.807, 2.05) is 30.3 Å². The van der Waals surface area contributed by atoms with Crippen LogP contribution >= 0.6 is 0 Å². The molecule has 2 atom stereocenters. The topological polar surface area (TPSA) is 68.2 Å². The summed E-state index contributed by atoms with van der Waals surface area (Å²) in [4.78, 5) is 14.0. The van der Waals surface area contributed by atoms with Crippen molar-refractivity contribution in [2.75, 3.05) is 34.4 Å². The van der Waals surface area contributed by atoms with Gasteiger partial charge in [0.1, 0.15) is 0 Å². The summed E-state index contributed by atoms with van der Waals surface area (Å²) in [6.07, 6.45) is 1.53. The number of methoxy groups -OCH3 is 3. The minimum absolute atomic E-state index is 0.152. The van der Waals surface area contributed by atoms with Gasteiger partial charge in [0.05, 0.1) is 33.3 Å². The van der Waals surface area contributed by atoms with E-state index < -0.39 is 5.97 Å². The molecule has 1 saturated heterocycles. The van der Waals surface area contributed by atoms with E-state index in [1.165, 1.54) is 0 Å². The number of carbonyl (C=O) groups is 1. The Kier molecular flexibility index (Phi) is 7.38. The number of piperidine rings is 1. The zero-order valence-corrected chi connectivity index (χ0v) is 19.9. The van der Waals surface area contributed by atoms with Gasteiger partial charge in [0.25, 0.3) is 0 Å². The van der Waals surface area contributed by atoms with Crippen molar-refractivity contribution in [3.63, 3.8) is 0 Å². The molecular formula is C28H31NO5. The summed E-state index contributed by atoms with van der Waals surface area (Å²) in [6.45, 7) is 1.29. The highest BCUT2D eigenvalue weighted by atomic mass is 16.5. The van der Waals surface area contributed by atoms with Crippen LogP contribution in [0.5, 0.6) is 17.2 Å². The Morgan fingerprint density at radius 1 is 0.882 bits per heavy atom. The number of hydrogen-bond donors (Lipinski definition) is 1. The third-order valence-electron chi connectivity index (χ3n) is 6.50. The monoisotopic (exact) mass is 461 g/mol. The van der Waals surface area contributed by atoms with Gasteiger partial charge in [-0.3, -0.25) is 9.69 Å². The Morgan fingerprint density at radius 2 is 1.50 bits per heavy atom. The van der Waals surface area contributed by atoms with Crippen molar-refractivity contribution in [3.8, 4) is 28.4 Å². The molecule has 0 amide bonds. The first kappa shape index (κ1) is 23.6. The molecular weight excluding hydrogens is 430 g/mol. The largest absolute Gasteiger partial charge is 0.493 e. The van der Waals surface area contributed by atoms with E-state index in [4.69, 9.17) is 14.2 Å². The fraction of sp³-hybridized carbons (Fsp3) is 0.321. The Hall–Kier alpha value is -3.51. The lowest BCUT2D eigenvalue weighted by Crippen LogP contribution is -2.41. The van der Waals surface area contributed by atoms with E-state index in [0.717, 1.165) is 35.2 Å². The molecule has 0 aromatic heterocycles. The maximum Gasteiger partial charge on any atom is 0.307 e. The van der Waals surface area contributed by atoms with Crippen LogP contribution < -0.4 is 14.2 Å². The number of carboxylic acids is 1. The van der Waals surface area contributed by atoms with Crippen LogP contribution in [0.4, 0.5) is 0 Å². The van der Waals surface area contributed by atoms with Gasteiger partial charge in [0.2, 0.25) is 5.75 Å². The molecule has 1 aliphatic rings. The van der Waals surface area contributed by atoms with E-state index in [-0.39, 0.29) is 12.0 Å². The van der Waals surface area contributed by atoms with Gasteiger partial charge >= 0.3 is 5.97 Å². The van der Waals surface area contributed by atoms with Crippen LogP contribution in [0.1, 0.15) is 30.0 Å². The number of hydrogen-bond acceptors (Lipinski definition) is 5. The van der Waals surface area contributed by atoms with Crippen molar-refractivity contribution in [3.05, 3.63) is 77.9 Å². The highest BCUT2D eigenvalue weighted by molar-refractivity contribution is 5.70. The molecule has 1 N–H and O–H groups in total. The van der Waals surface area contributed by atoms with Crippen molar-refractivity contribution in [1.29, 1.82) is 0 Å². The molecule has 178 valence electrons. The second kappa shape index (κ2) is 10.6. The van der Waals surface area contributed by atoms with Crippen molar-refractivity contribution in [2.45, 2.75) is 18.9 Å². The van der Waals surface area contributed by atoms with Gasteiger partial charge < -0.3 is 19.3 Å². The lowest BCUT2D eigenvalue weighted by atomic mass is 9.90. The fourth-order valence-electron chi connectivity index (χ4n) is 4.80. The van der Waals surface area contributed by atoms with Gasteiger partial charge in [0.15, 0.2) is 11.5 Å². The van der Waals surface area contributed by atoms with Crippen LogP contribution in [0.15, 0.2) is 66.7 Å². The first-order valence-corrected chi connectivity index (χ1v) is 11.5. The number of ether oxygens (including phenoxy) is 3. The van der Waals surface area contributed by atoms with E-state index in [9.17, 15) is 9.90 Å². The van der Waals surface area contributed by atoms with Crippen LogP contribution in [0.2, 0.25) is 0 Å². The summed E-state index contributed by atoms with van der Waals surface area (Å²) in [6, 6.07) is 22.5. The predicted octanol–water partition coefficient (Wildman–Crippen LogP) is 5.27. The van der Waals surface area contributed by atoms with Gasteiger partial charge in [0, 0.05) is 6.54 Å². The summed E-state index contributed by atoms with van der Waals surface area (Å²) in [5, 5.41) is 9.69. The minimum atomic E-state index is -0.743. The van der Waals surface area contributed by atoms with E-state index in [0.29, 0.717) is 30.2 Å². The molecule has 3 aromatic rings. The predicted molar refractivity (Wildman–Crippen MR) is 132 cm³/mol. The fourth-order valence-corrected chi connectivity index (χ4v) is 4.80. The second-order valence-corrected chi connectivity index (χ2v) is 8.52. The van der Waals surface area contributed by atoms with Crippen molar-refractivity contribution < 1.29 is 24.1 Å². The third kappa shape index (κ3) is 4.87. The number of nitrogens with zero attached hydrogens (tertiary/aromatic N) is 1. The van der Waals surface area contributed by atoms with Crippen LogP contribution in [-0.4, -0.2) is 50.4 Å². The first-order valence-electron chi connectivity index (χ1n) is 11.5. The molecule has 0 aliphatic carbocycles. The molecule has 0 bridgehead atoms. The summed E-state index contributed by atoms with van der Waals surface area (Å²) in [5.41, 5.74) is 4.34. The molecule has 0 saturated carbocycles. The van der Waals surface area contributed by atoms with Crippen molar-refractivity contribution in [1.82, 2.24) is 4.90 Å². The molecule has 4 rings (SSSR count). The summed E-state index contributed by atoms with van der Waals surface area (Å²) in [5.74, 6) is 0.563. The van der Waals surface area contributed by atoms with Crippen LogP contribution in [-0.2, 0) is 4.79 Å². The average Bonchev–Trinajstić information content (AvgIpc) is 2.89. The molecule has 1 fully saturated rings. The Morgan fingerprint density at radius 3 is 2.06 bits per heavy atom. The molecule has 34 heavy (non-hydrogen) atoms. The third-order valence-corrected chi connectivity index (χ3v) is 6.50. The second-order valence-electron chi connectivity index (χ2n) is 8.52. The van der Waals surface area contributed by atoms with Gasteiger partial charge in [-0.25, -0.2) is 0 Å². The van der Waals surface area contributed by atoms with Crippen LogP contribution in [0, 0.1) is 5.92 Å². The van der Waals surface area contributed by atoms with E-state index >= 15 is 0 Å². The number of likely N-dealkylation sites (tertiary alicyclic amines) is 1. The standard InChI is InChI=1S/C28H31NO5/c1-32-24-16-23(17-25(33-2)27(24)34-3)26(29-15-7-10-22(18-29)28(30)31)21-13-11-20(12-14-21)19-8-5-4-6-9-19/h4-6,8-9,11-14,16-17,22,26H,7,10,15,18H2,1-3H3,(H,30,31). The molecule has 6 nitrogen and oxygen atoms in total. The number of aliphatic carboxylic acids is 1. The minimum Gasteiger partial charge on any atom is -0.493 e. The summed E-state index contributed by atoms with van der Waals surface area (Å²) < 4.78 is 16.7. The highest BCUT2D eigenvalue weighted by Gasteiger charge is 2.32. The van der Waals surface area contributed by atoms with Crippen LogP contribution in [0.25, 0.3) is 11.1 Å². The van der Waals surface area contributed by atoms with Crippen LogP contribution in [0.3, 0.4) is 0 Å². The first-order chi connectivity index (χ1) is 16.5. The maximum absolute atomic E-state index is 11.8. The van der Waals surface area contributed by atoms with Gasteiger partial charge in [-0.2, -0.15) is 0 Å². The van der Waals surface area contributed by atoms with Gasteiger partial charge in [-0.05, 0) is 53.8 Å². The van der Waals surface area contributed by atoms with E-state index in [2.05, 4.69) is 41.3 Å². The van der Waals surface area contributed by atoms with Gasteiger partial charge in [-0.15, -0.1) is 0 Å². The lowest BCUT2D eigenvalue weighted by molar-refractivity contribution is -0.143. The smallest absolute Gasteiger partial charge is 0.307 e. The zero-order valence-electron chi connectivity index (χ0n) is 19.9. The Bertz CT molecular complexity index is 1090. The molecule has 1 aliphatic heterocycles. The number of benzene rings is 3. The van der Waals surface area contributed by atoms with Crippen molar-refractivity contribution >= 4 is 5.97 Å². The molecule has 3 aromatic carbocycles. The van der Waals surface area contributed by atoms with Gasteiger partial charge in [-0.1, -0.05) is 54.6 Å². The lowest BCUT2D eigenvalue weighted by Gasteiger charge is -2.38. The molecule has 0 spiro atoms. The van der Waals surface area contributed by atoms with E-state index in [1.54, 1.807) is 21.3 Å². The number of rotatable bonds is 8. The molecule has 6 heteroatoms.